The summed E-state index contributed by atoms with van der Waals surface area (Å²) in [6.45, 7) is 9.02. The molecule has 0 rings (SSSR count). The summed E-state index contributed by atoms with van der Waals surface area (Å²) in [4.78, 5) is 4.02. The third-order valence-electron chi connectivity index (χ3n) is 1.05. The van der Waals surface area contributed by atoms with Crippen molar-refractivity contribution in [1.82, 2.24) is 0 Å². The van der Waals surface area contributed by atoms with E-state index in [1.54, 1.807) is 6.92 Å². The van der Waals surface area contributed by atoms with E-state index in [2.05, 4.69) is 11.6 Å². The van der Waals surface area contributed by atoms with Crippen molar-refractivity contribution in [2.75, 3.05) is 0 Å². The maximum atomic E-state index is 9.30. The summed E-state index contributed by atoms with van der Waals surface area (Å²) in [5, 5.41) is 9.30. The van der Waals surface area contributed by atoms with Crippen LogP contribution in [0.3, 0.4) is 0 Å². The maximum absolute atomic E-state index is 9.30. The second kappa shape index (κ2) is 3.52. The van der Waals surface area contributed by atoms with Gasteiger partial charge in [0, 0.05) is 12.3 Å². The SMILES string of the molecule is C=CC(C)(O)C=NC(C)C. The lowest BCUT2D eigenvalue weighted by atomic mass is 10.1. The summed E-state index contributed by atoms with van der Waals surface area (Å²) >= 11 is 0. The average molecular weight is 141 g/mol. The fourth-order valence-electron chi connectivity index (χ4n) is 0.353. The maximum Gasteiger partial charge on any atom is 0.114 e. The zero-order valence-electron chi connectivity index (χ0n) is 6.83. The summed E-state index contributed by atoms with van der Waals surface area (Å²) in [5.41, 5.74) is -0.954. The number of nitrogens with zero attached hydrogens (tertiary/aromatic N) is 1. The molecule has 1 unspecified atom stereocenters. The molecule has 0 aromatic heterocycles. The van der Waals surface area contributed by atoms with E-state index >= 15 is 0 Å². The Bertz CT molecular complexity index is 136. The zero-order chi connectivity index (χ0) is 8.20. The van der Waals surface area contributed by atoms with Gasteiger partial charge in [-0.15, -0.1) is 0 Å². The molecular weight excluding hydrogens is 126 g/mol. The predicted octanol–water partition coefficient (Wildman–Crippen LogP) is 1.40. The molecule has 0 radical (unpaired) electrons. The quantitative estimate of drug-likeness (QED) is 0.467. The van der Waals surface area contributed by atoms with Gasteiger partial charge in [-0.1, -0.05) is 12.7 Å². The average Bonchev–Trinajstić information content (AvgIpc) is 1.85. The standard InChI is InChI=1S/C8H15NO/c1-5-8(4,10)6-9-7(2)3/h5-7,10H,1H2,2-4H3. The second-order valence-corrected chi connectivity index (χ2v) is 2.80. The van der Waals surface area contributed by atoms with Crippen LogP contribution in [0.5, 0.6) is 0 Å². The molecular formula is C8H15NO. The van der Waals surface area contributed by atoms with Crippen LogP contribution in [-0.4, -0.2) is 23.0 Å². The fraction of sp³-hybridized carbons (Fsp3) is 0.625. The molecule has 2 heteroatoms. The van der Waals surface area contributed by atoms with E-state index in [0.29, 0.717) is 0 Å². The largest absolute Gasteiger partial charge is 0.380 e. The smallest absolute Gasteiger partial charge is 0.114 e. The van der Waals surface area contributed by atoms with Crippen molar-refractivity contribution in [3.05, 3.63) is 12.7 Å². The van der Waals surface area contributed by atoms with Gasteiger partial charge in [-0.2, -0.15) is 0 Å². The van der Waals surface area contributed by atoms with Crippen LogP contribution in [0.15, 0.2) is 17.6 Å². The van der Waals surface area contributed by atoms with Crippen LogP contribution >= 0.6 is 0 Å². The predicted molar refractivity (Wildman–Crippen MR) is 44.4 cm³/mol. The zero-order valence-corrected chi connectivity index (χ0v) is 6.83. The van der Waals surface area contributed by atoms with Crippen LogP contribution in [0.2, 0.25) is 0 Å². The number of aliphatic hydroxyl groups is 1. The minimum atomic E-state index is -0.954. The van der Waals surface area contributed by atoms with Crippen molar-refractivity contribution in [1.29, 1.82) is 0 Å². The number of hydrogen-bond donors (Lipinski definition) is 1. The highest BCUT2D eigenvalue weighted by Gasteiger charge is 2.10. The molecule has 0 heterocycles. The van der Waals surface area contributed by atoms with E-state index in [9.17, 15) is 5.11 Å². The molecule has 0 aliphatic rings. The highest BCUT2D eigenvalue weighted by molar-refractivity contribution is 5.70. The lowest BCUT2D eigenvalue weighted by Crippen LogP contribution is -2.22. The topological polar surface area (TPSA) is 32.6 Å². The van der Waals surface area contributed by atoms with Gasteiger partial charge in [-0.05, 0) is 20.8 Å². The minimum absolute atomic E-state index is 0.228. The molecule has 58 valence electrons. The number of aliphatic imine (C=N–C) groups is 1. The molecule has 0 bridgehead atoms. The van der Waals surface area contributed by atoms with Gasteiger partial charge in [0.2, 0.25) is 0 Å². The Kier molecular flexibility index (Phi) is 3.30. The molecule has 0 aromatic carbocycles. The Balaban J connectivity index is 3.98. The first-order valence-corrected chi connectivity index (χ1v) is 3.38. The molecule has 0 saturated carbocycles. The van der Waals surface area contributed by atoms with Crippen molar-refractivity contribution in [2.45, 2.75) is 32.4 Å². The van der Waals surface area contributed by atoms with Crippen LogP contribution in [0.4, 0.5) is 0 Å². The van der Waals surface area contributed by atoms with E-state index in [1.807, 2.05) is 13.8 Å². The van der Waals surface area contributed by atoms with Crippen molar-refractivity contribution in [2.24, 2.45) is 4.99 Å². The summed E-state index contributed by atoms with van der Waals surface area (Å²) in [6.07, 6.45) is 2.96. The van der Waals surface area contributed by atoms with Gasteiger partial charge in [-0.3, -0.25) is 4.99 Å². The van der Waals surface area contributed by atoms with E-state index in [1.165, 1.54) is 12.3 Å². The lowest BCUT2D eigenvalue weighted by Gasteiger charge is -2.11. The molecule has 10 heavy (non-hydrogen) atoms. The first kappa shape index (κ1) is 9.37. The summed E-state index contributed by atoms with van der Waals surface area (Å²) in [7, 11) is 0. The molecule has 1 atom stereocenters. The van der Waals surface area contributed by atoms with Crippen LogP contribution in [0.1, 0.15) is 20.8 Å². The number of rotatable bonds is 3. The summed E-state index contributed by atoms with van der Waals surface area (Å²) < 4.78 is 0. The second-order valence-electron chi connectivity index (χ2n) is 2.80. The third-order valence-corrected chi connectivity index (χ3v) is 1.05. The van der Waals surface area contributed by atoms with Gasteiger partial charge >= 0.3 is 0 Å². The third kappa shape index (κ3) is 4.27. The van der Waals surface area contributed by atoms with Crippen LogP contribution < -0.4 is 0 Å². The highest BCUT2D eigenvalue weighted by atomic mass is 16.3. The molecule has 1 N–H and O–H groups in total. The Morgan fingerprint density at radius 3 is 2.40 bits per heavy atom. The molecule has 0 spiro atoms. The molecule has 0 aliphatic heterocycles. The number of hydrogen-bond acceptors (Lipinski definition) is 2. The monoisotopic (exact) mass is 141 g/mol. The van der Waals surface area contributed by atoms with Gasteiger partial charge in [-0.25, -0.2) is 0 Å². The van der Waals surface area contributed by atoms with Crippen molar-refractivity contribution < 1.29 is 5.11 Å². The van der Waals surface area contributed by atoms with Crippen LogP contribution in [0, 0.1) is 0 Å². The van der Waals surface area contributed by atoms with Gasteiger partial charge in [0.25, 0.3) is 0 Å². The van der Waals surface area contributed by atoms with Gasteiger partial charge < -0.3 is 5.11 Å². The first-order chi connectivity index (χ1) is 4.48. The van der Waals surface area contributed by atoms with Gasteiger partial charge in [0.15, 0.2) is 0 Å². The van der Waals surface area contributed by atoms with Crippen molar-refractivity contribution in [3.63, 3.8) is 0 Å². The molecule has 0 fully saturated rings. The van der Waals surface area contributed by atoms with Gasteiger partial charge in [0.1, 0.15) is 5.60 Å². The molecule has 0 aromatic rings. The Hall–Kier alpha value is -0.630. The van der Waals surface area contributed by atoms with E-state index < -0.39 is 5.60 Å². The Morgan fingerprint density at radius 2 is 2.10 bits per heavy atom. The van der Waals surface area contributed by atoms with E-state index in [0.717, 1.165) is 0 Å². The molecule has 2 nitrogen and oxygen atoms in total. The summed E-state index contributed by atoms with van der Waals surface area (Å²) in [5.74, 6) is 0. The van der Waals surface area contributed by atoms with Crippen LogP contribution in [0.25, 0.3) is 0 Å². The normalized spacial score (nSPS) is 17.7. The first-order valence-electron chi connectivity index (χ1n) is 3.38. The molecule has 0 amide bonds. The van der Waals surface area contributed by atoms with Crippen molar-refractivity contribution >= 4 is 6.21 Å². The van der Waals surface area contributed by atoms with Crippen LogP contribution in [-0.2, 0) is 0 Å². The minimum Gasteiger partial charge on any atom is -0.380 e. The molecule has 0 saturated heterocycles. The van der Waals surface area contributed by atoms with E-state index in [-0.39, 0.29) is 6.04 Å². The van der Waals surface area contributed by atoms with Gasteiger partial charge in [0.05, 0.1) is 0 Å². The highest BCUT2D eigenvalue weighted by Crippen LogP contribution is 2.00. The van der Waals surface area contributed by atoms with Crippen molar-refractivity contribution in [3.8, 4) is 0 Å². The Labute approximate surface area is 62.3 Å². The molecule has 0 aliphatic carbocycles. The summed E-state index contributed by atoms with van der Waals surface area (Å²) in [6, 6.07) is 0.228. The lowest BCUT2D eigenvalue weighted by molar-refractivity contribution is 0.189. The fourth-order valence-corrected chi connectivity index (χ4v) is 0.353. The Morgan fingerprint density at radius 1 is 1.60 bits per heavy atom. The van der Waals surface area contributed by atoms with E-state index in [4.69, 9.17) is 0 Å².